The van der Waals surface area contributed by atoms with Crippen LogP contribution in [-0.4, -0.2) is 9.19 Å². The Bertz CT molecular complexity index is 1480. The summed E-state index contributed by atoms with van der Waals surface area (Å²) < 4.78 is 14.3. The summed E-state index contributed by atoms with van der Waals surface area (Å²) in [4.78, 5) is 6.48. The van der Waals surface area contributed by atoms with E-state index < -0.39 is 10.8 Å². The molecule has 1 atom stereocenters. The van der Waals surface area contributed by atoms with Crippen LogP contribution in [0.2, 0.25) is 0 Å². The Labute approximate surface area is 206 Å². The van der Waals surface area contributed by atoms with Crippen LogP contribution in [0.5, 0.6) is 0 Å². The zero-order valence-corrected chi connectivity index (χ0v) is 21.0. The van der Waals surface area contributed by atoms with E-state index in [4.69, 9.17) is 10.7 Å². The number of benzene rings is 3. The van der Waals surface area contributed by atoms with Gasteiger partial charge in [-0.25, -0.2) is 9.19 Å². The van der Waals surface area contributed by atoms with Crippen molar-refractivity contribution in [2.45, 2.75) is 35.3 Å². The van der Waals surface area contributed by atoms with Crippen LogP contribution in [0.4, 0.5) is 5.69 Å². The second-order valence-electron chi connectivity index (χ2n) is 9.31. The average Bonchev–Trinajstić information content (AvgIpc) is 3.20. The highest BCUT2D eigenvalue weighted by molar-refractivity contribution is 7.87. The maximum absolute atomic E-state index is 13.6. The van der Waals surface area contributed by atoms with Gasteiger partial charge in [0.2, 0.25) is 0 Å². The van der Waals surface area contributed by atoms with Crippen molar-refractivity contribution in [3.05, 3.63) is 96.6 Å². The number of hydrogen-bond acceptors (Lipinski definition) is 4. The van der Waals surface area contributed by atoms with E-state index in [-0.39, 0.29) is 5.41 Å². The van der Waals surface area contributed by atoms with Gasteiger partial charge in [-0.15, -0.1) is 11.3 Å². The van der Waals surface area contributed by atoms with Crippen LogP contribution in [0.15, 0.2) is 100 Å². The van der Waals surface area contributed by atoms with Crippen LogP contribution in [0.1, 0.15) is 26.3 Å². The monoisotopic (exact) mass is 482 g/mol. The summed E-state index contributed by atoms with van der Waals surface area (Å²) in [7, 11) is -1.39. The fraction of sp³-hybridized carbons (Fsp3) is 0.138. The van der Waals surface area contributed by atoms with Crippen LogP contribution >= 0.6 is 11.3 Å². The van der Waals surface area contributed by atoms with Crippen molar-refractivity contribution < 1.29 is 4.21 Å². The van der Waals surface area contributed by atoms with E-state index in [9.17, 15) is 4.21 Å². The third-order valence-electron chi connectivity index (χ3n) is 5.92. The van der Waals surface area contributed by atoms with Crippen LogP contribution < -0.4 is 5.73 Å². The summed E-state index contributed by atoms with van der Waals surface area (Å²) in [5.41, 5.74) is 12.4. The molecule has 0 saturated heterocycles. The zero-order chi connectivity index (χ0) is 23.9. The number of nitrogens with zero attached hydrogens (tertiary/aromatic N) is 1. The Morgan fingerprint density at radius 1 is 0.824 bits per heavy atom. The van der Waals surface area contributed by atoms with Gasteiger partial charge in [0.05, 0.1) is 22.2 Å². The van der Waals surface area contributed by atoms with Crippen molar-refractivity contribution in [1.29, 1.82) is 0 Å². The molecule has 2 aromatic heterocycles. The molecule has 0 aliphatic heterocycles. The molecule has 5 rings (SSSR count). The van der Waals surface area contributed by atoms with E-state index in [2.05, 4.69) is 63.2 Å². The number of fused-ring (bicyclic) bond motifs is 1. The van der Waals surface area contributed by atoms with E-state index in [1.165, 1.54) is 16.9 Å². The molecule has 0 radical (unpaired) electrons. The van der Waals surface area contributed by atoms with Crippen molar-refractivity contribution in [3.8, 4) is 22.4 Å². The quantitative estimate of drug-likeness (QED) is 0.286. The zero-order valence-electron chi connectivity index (χ0n) is 19.4. The number of pyridine rings is 1. The minimum atomic E-state index is -1.39. The first kappa shape index (κ1) is 22.5. The molecule has 0 amide bonds. The minimum Gasteiger partial charge on any atom is -0.396 e. The number of nitrogen functional groups attached to an aromatic ring is 1. The molecule has 0 spiro atoms. The minimum absolute atomic E-state index is 0.0407. The third-order valence-corrected chi connectivity index (χ3v) is 8.78. The van der Waals surface area contributed by atoms with Gasteiger partial charge in [0.25, 0.3) is 0 Å². The summed E-state index contributed by atoms with van der Waals surface area (Å²) in [6, 6.07) is 30.4. The van der Waals surface area contributed by atoms with E-state index in [0.29, 0.717) is 9.90 Å². The van der Waals surface area contributed by atoms with Gasteiger partial charge in [-0.05, 0) is 40.3 Å². The van der Waals surface area contributed by atoms with Gasteiger partial charge < -0.3 is 5.73 Å². The Balaban J connectivity index is 1.68. The predicted octanol–water partition coefficient (Wildman–Crippen LogP) is 7.68. The molecule has 2 N–H and O–H groups in total. The Morgan fingerprint density at radius 3 is 2.00 bits per heavy atom. The van der Waals surface area contributed by atoms with E-state index in [1.54, 1.807) is 0 Å². The first-order valence-corrected chi connectivity index (χ1v) is 13.2. The highest BCUT2D eigenvalue weighted by Gasteiger charge is 2.22. The molecule has 34 heavy (non-hydrogen) atoms. The number of hydrogen-bond donors (Lipinski definition) is 1. The summed E-state index contributed by atoms with van der Waals surface area (Å²) in [6.45, 7) is 6.51. The molecule has 0 aliphatic rings. The second-order valence-corrected chi connectivity index (χ2v) is 12.0. The molecular formula is C29H26N2OS2. The molecule has 3 nitrogen and oxygen atoms in total. The third kappa shape index (κ3) is 4.17. The molecule has 5 heteroatoms. The molecule has 1 unspecified atom stereocenters. The lowest BCUT2D eigenvalue weighted by Gasteiger charge is -2.19. The Kier molecular flexibility index (Phi) is 5.84. The summed E-state index contributed by atoms with van der Waals surface area (Å²) >= 11 is 1.42. The lowest BCUT2D eigenvalue weighted by atomic mass is 9.87. The maximum Gasteiger partial charge on any atom is 0.127 e. The van der Waals surface area contributed by atoms with Crippen LogP contribution in [0.25, 0.3) is 32.6 Å². The fourth-order valence-corrected chi connectivity index (χ4v) is 6.61. The fourth-order valence-electron chi connectivity index (χ4n) is 4.03. The largest absolute Gasteiger partial charge is 0.396 e. The van der Waals surface area contributed by atoms with Crippen LogP contribution in [-0.2, 0) is 16.2 Å². The first-order valence-electron chi connectivity index (χ1n) is 11.2. The SMILES string of the molecule is CC(C)(C)c1ccc(S(=O)c2sc3nc(-c4ccccc4)cc(-c4ccccc4)c3c2N)cc1. The number of rotatable bonds is 4. The van der Waals surface area contributed by atoms with Gasteiger partial charge in [-0.3, -0.25) is 0 Å². The smallest absolute Gasteiger partial charge is 0.127 e. The van der Waals surface area contributed by atoms with Gasteiger partial charge in [0, 0.05) is 15.8 Å². The normalized spacial score (nSPS) is 12.7. The molecular weight excluding hydrogens is 456 g/mol. The van der Waals surface area contributed by atoms with Crippen LogP contribution in [0.3, 0.4) is 0 Å². The molecule has 0 bridgehead atoms. The number of nitrogens with two attached hydrogens (primary N) is 1. The van der Waals surface area contributed by atoms with Crippen molar-refractivity contribution >= 4 is 38.0 Å². The van der Waals surface area contributed by atoms with Gasteiger partial charge in [0.1, 0.15) is 9.04 Å². The molecule has 0 saturated carbocycles. The molecule has 0 fully saturated rings. The molecule has 3 aromatic carbocycles. The van der Waals surface area contributed by atoms with E-state index >= 15 is 0 Å². The van der Waals surface area contributed by atoms with Crippen molar-refractivity contribution in [3.63, 3.8) is 0 Å². The van der Waals surface area contributed by atoms with Crippen LogP contribution in [0, 0.1) is 0 Å². The van der Waals surface area contributed by atoms with E-state index in [1.807, 2.05) is 48.5 Å². The lowest BCUT2D eigenvalue weighted by Crippen LogP contribution is -2.10. The number of thiophene rings is 1. The number of aromatic nitrogens is 1. The predicted molar refractivity (Wildman–Crippen MR) is 145 cm³/mol. The van der Waals surface area contributed by atoms with Gasteiger partial charge in [0.15, 0.2) is 0 Å². The first-order chi connectivity index (χ1) is 16.3. The molecule has 2 heterocycles. The average molecular weight is 483 g/mol. The standard InChI is InChI=1S/C29H26N2OS2/c1-29(2,3)21-14-16-22(17-15-21)34(32)28-26(30)25-23(19-10-6-4-7-11-19)18-24(31-27(25)33-28)20-12-8-5-9-13-20/h4-18H,30H2,1-3H3. The van der Waals surface area contributed by atoms with E-state index in [0.717, 1.165) is 37.5 Å². The molecule has 0 aliphatic carbocycles. The van der Waals surface area contributed by atoms with Gasteiger partial charge in [-0.2, -0.15) is 0 Å². The van der Waals surface area contributed by atoms with Gasteiger partial charge in [-0.1, -0.05) is 93.6 Å². The Morgan fingerprint density at radius 2 is 1.41 bits per heavy atom. The van der Waals surface area contributed by atoms with Crippen molar-refractivity contribution in [1.82, 2.24) is 4.98 Å². The lowest BCUT2D eigenvalue weighted by molar-refractivity contribution is 0.589. The summed E-state index contributed by atoms with van der Waals surface area (Å²) in [5.74, 6) is 0. The topological polar surface area (TPSA) is 56.0 Å². The Hall–Kier alpha value is -3.28. The maximum atomic E-state index is 13.6. The summed E-state index contributed by atoms with van der Waals surface area (Å²) in [6.07, 6.45) is 0. The van der Waals surface area contributed by atoms with Crippen molar-refractivity contribution in [2.24, 2.45) is 0 Å². The second kappa shape index (κ2) is 8.82. The van der Waals surface area contributed by atoms with Crippen molar-refractivity contribution in [2.75, 3.05) is 5.73 Å². The molecule has 5 aromatic rings. The highest BCUT2D eigenvalue weighted by atomic mass is 32.2. The molecule has 170 valence electrons. The number of anilines is 1. The van der Waals surface area contributed by atoms with Gasteiger partial charge >= 0.3 is 0 Å². The highest BCUT2D eigenvalue weighted by Crippen LogP contribution is 2.43. The summed E-state index contributed by atoms with van der Waals surface area (Å²) in [5, 5.41) is 0.866.